The first-order valence-electron chi connectivity index (χ1n) is 7.90. The summed E-state index contributed by atoms with van der Waals surface area (Å²) in [4.78, 5) is 19.0. The van der Waals surface area contributed by atoms with Crippen molar-refractivity contribution in [3.8, 4) is 0 Å². The summed E-state index contributed by atoms with van der Waals surface area (Å²) in [6.07, 6.45) is 2.35. The molecule has 1 aromatic carbocycles. The van der Waals surface area contributed by atoms with Gasteiger partial charge < -0.3 is 4.90 Å². The molecule has 0 spiro atoms. The van der Waals surface area contributed by atoms with E-state index < -0.39 is 0 Å². The minimum atomic E-state index is 0.256. The van der Waals surface area contributed by atoms with Crippen molar-refractivity contribution in [1.82, 2.24) is 9.88 Å². The Labute approximate surface area is 136 Å². The average molecular weight is 314 g/mol. The van der Waals surface area contributed by atoms with E-state index in [1.165, 1.54) is 5.56 Å². The molecular formula is C18H22N2OS. The Morgan fingerprint density at radius 1 is 1.32 bits per heavy atom. The monoisotopic (exact) mass is 314 g/mol. The number of likely N-dealkylation sites (tertiary alicyclic amines) is 1. The summed E-state index contributed by atoms with van der Waals surface area (Å²) < 4.78 is 0. The Hall–Kier alpha value is -1.68. The van der Waals surface area contributed by atoms with E-state index in [-0.39, 0.29) is 11.9 Å². The molecule has 4 heteroatoms. The number of rotatable bonds is 4. The van der Waals surface area contributed by atoms with Crippen LogP contribution in [-0.2, 0) is 11.2 Å². The molecular weight excluding hydrogens is 292 g/mol. The molecule has 2 aromatic rings. The molecule has 1 fully saturated rings. The van der Waals surface area contributed by atoms with Gasteiger partial charge in [0, 0.05) is 29.8 Å². The molecule has 0 radical (unpaired) electrons. The highest BCUT2D eigenvalue weighted by Crippen LogP contribution is 2.37. The van der Waals surface area contributed by atoms with Crippen LogP contribution in [0.3, 0.4) is 0 Å². The fraction of sp³-hybridized carbons (Fsp3) is 0.444. The molecule has 1 amide bonds. The highest BCUT2D eigenvalue weighted by atomic mass is 32.1. The third kappa shape index (κ3) is 3.07. The summed E-state index contributed by atoms with van der Waals surface area (Å²) in [5.41, 5.74) is 4.20. The van der Waals surface area contributed by atoms with E-state index in [0.717, 1.165) is 18.5 Å². The maximum atomic E-state index is 12.6. The maximum Gasteiger partial charge on any atom is 0.223 e. The number of carbonyl (C=O) groups is 1. The molecule has 3 unspecified atom stereocenters. The third-order valence-corrected chi connectivity index (χ3v) is 5.32. The Kier molecular flexibility index (Phi) is 4.57. The van der Waals surface area contributed by atoms with Crippen molar-refractivity contribution in [2.24, 2.45) is 0 Å². The van der Waals surface area contributed by atoms with Crippen molar-refractivity contribution in [3.63, 3.8) is 0 Å². The van der Waals surface area contributed by atoms with E-state index in [9.17, 15) is 4.79 Å². The van der Waals surface area contributed by atoms with Gasteiger partial charge >= 0.3 is 0 Å². The topological polar surface area (TPSA) is 33.2 Å². The third-order valence-electron chi connectivity index (χ3n) is 4.69. The van der Waals surface area contributed by atoms with Gasteiger partial charge in [0.15, 0.2) is 0 Å². The van der Waals surface area contributed by atoms with Crippen LogP contribution in [-0.4, -0.2) is 27.9 Å². The van der Waals surface area contributed by atoms with Crippen LogP contribution in [0.25, 0.3) is 0 Å². The summed E-state index contributed by atoms with van der Waals surface area (Å²) in [7, 11) is 0. The molecule has 1 aliphatic rings. The Balaban J connectivity index is 1.67. The van der Waals surface area contributed by atoms with Crippen LogP contribution in [0.2, 0.25) is 0 Å². The second kappa shape index (κ2) is 6.61. The van der Waals surface area contributed by atoms with Crippen LogP contribution in [0.1, 0.15) is 43.9 Å². The molecule has 0 saturated carbocycles. The van der Waals surface area contributed by atoms with Crippen LogP contribution in [0.4, 0.5) is 0 Å². The van der Waals surface area contributed by atoms with Gasteiger partial charge in [-0.15, -0.1) is 11.3 Å². The van der Waals surface area contributed by atoms with Crippen LogP contribution in [0, 0.1) is 0 Å². The standard InChI is InChI=1S/C18H22N2OS/c1-13-10-17(15-6-4-3-5-7-15)14(2)20(13)18(21)9-8-16-11-22-12-19-16/h3-7,11-14,17H,8-10H2,1-2H3. The van der Waals surface area contributed by atoms with Crippen molar-refractivity contribution in [2.45, 2.75) is 51.1 Å². The molecule has 1 aromatic heterocycles. The summed E-state index contributed by atoms with van der Waals surface area (Å²) in [6.45, 7) is 4.35. The number of aryl methyl sites for hydroxylation is 1. The van der Waals surface area contributed by atoms with Gasteiger partial charge in [0.2, 0.25) is 5.91 Å². The first-order chi connectivity index (χ1) is 10.7. The Morgan fingerprint density at radius 2 is 2.09 bits per heavy atom. The van der Waals surface area contributed by atoms with Crippen LogP contribution in [0.15, 0.2) is 41.2 Å². The van der Waals surface area contributed by atoms with E-state index >= 15 is 0 Å². The smallest absolute Gasteiger partial charge is 0.223 e. The quantitative estimate of drug-likeness (QED) is 0.858. The molecule has 116 valence electrons. The Morgan fingerprint density at radius 3 is 2.77 bits per heavy atom. The van der Waals surface area contributed by atoms with Gasteiger partial charge in [-0.3, -0.25) is 4.79 Å². The molecule has 2 heterocycles. The second-order valence-corrected chi connectivity index (χ2v) is 6.84. The average Bonchev–Trinajstić information content (AvgIpc) is 3.14. The number of nitrogens with zero attached hydrogens (tertiary/aromatic N) is 2. The largest absolute Gasteiger partial charge is 0.337 e. The van der Waals surface area contributed by atoms with Crippen molar-refractivity contribution < 1.29 is 4.79 Å². The van der Waals surface area contributed by atoms with Crippen molar-refractivity contribution in [1.29, 1.82) is 0 Å². The molecule has 0 N–H and O–H groups in total. The van der Waals surface area contributed by atoms with Crippen LogP contribution in [0.5, 0.6) is 0 Å². The van der Waals surface area contributed by atoms with Gasteiger partial charge in [0.25, 0.3) is 0 Å². The van der Waals surface area contributed by atoms with Crippen LogP contribution >= 0.6 is 11.3 Å². The molecule has 22 heavy (non-hydrogen) atoms. The second-order valence-electron chi connectivity index (χ2n) is 6.12. The zero-order valence-electron chi connectivity index (χ0n) is 13.1. The van der Waals surface area contributed by atoms with Crippen molar-refractivity contribution in [2.75, 3.05) is 0 Å². The lowest BCUT2D eigenvalue weighted by Gasteiger charge is -2.28. The van der Waals surface area contributed by atoms with E-state index in [4.69, 9.17) is 0 Å². The van der Waals surface area contributed by atoms with Gasteiger partial charge in [-0.25, -0.2) is 4.98 Å². The van der Waals surface area contributed by atoms with Gasteiger partial charge in [-0.05, 0) is 32.3 Å². The number of amides is 1. The SMILES string of the molecule is CC1CC(c2ccccc2)C(C)N1C(=O)CCc1cscn1. The Bertz CT molecular complexity index is 611. The number of benzene rings is 1. The van der Waals surface area contributed by atoms with Gasteiger partial charge in [0.05, 0.1) is 11.2 Å². The van der Waals surface area contributed by atoms with Gasteiger partial charge in [-0.1, -0.05) is 30.3 Å². The van der Waals surface area contributed by atoms with Crippen molar-refractivity contribution >= 4 is 17.2 Å². The fourth-order valence-electron chi connectivity index (χ4n) is 3.59. The maximum absolute atomic E-state index is 12.6. The zero-order valence-corrected chi connectivity index (χ0v) is 13.9. The molecule has 3 rings (SSSR count). The molecule has 3 nitrogen and oxygen atoms in total. The van der Waals surface area contributed by atoms with E-state index in [1.807, 2.05) is 17.0 Å². The molecule has 0 aliphatic carbocycles. The first-order valence-corrected chi connectivity index (χ1v) is 8.84. The molecule has 1 saturated heterocycles. The number of hydrogen-bond acceptors (Lipinski definition) is 3. The predicted octanol–water partition coefficient (Wildman–Crippen LogP) is 3.87. The minimum absolute atomic E-state index is 0.256. The van der Waals surface area contributed by atoms with E-state index in [1.54, 1.807) is 11.3 Å². The molecule has 3 atom stereocenters. The van der Waals surface area contributed by atoms with Gasteiger partial charge in [-0.2, -0.15) is 0 Å². The van der Waals surface area contributed by atoms with Gasteiger partial charge in [0.1, 0.15) is 0 Å². The fourth-order valence-corrected chi connectivity index (χ4v) is 4.18. The van der Waals surface area contributed by atoms with E-state index in [2.05, 4.69) is 48.0 Å². The van der Waals surface area contributed by atoms with E-state index in [0.29, 0.717) is 18.4 Å². The summed E-state index contributed by atoms with van der Waals surface area (Å²) in [5.74, 6) is 0.700. The normalized spacial score (nSPS) is 24.6. The highest BCUT2D eigenvalue weighted by Gasteiger charge is 2.39. The first kappa shape index (κ1) is 15.2. The molecule has 1 aliphatic heterocycles. The number of carbonyl (C=O) groups excluding carboxylic acids is 1. The van der Waals surface area contributed by atoms with Crippen molar-refractivity contribution in [3.05, 3.63) is 52.5 Å². The number of aromatic nitrogens is 1. The van der Waals surface area contributed by atoms with Crippen LogP contribution < -0.4 is 0 Å². The lowest BCUT2D eigenvalue weighted by atomic mass is 9.92. The number of hydrogen-bond donors (Lipinski definition) is 0. The minimum Gasteiger partial charge on any atom is -0.337 e. The lowest BCUT2D eigenvalue weighted by Crippen LogP contribution is -2.39. The summed E-state index contributed by atoms with van der Waals surface area (Å²) in [5, 5.41) is 2.02. The zero-order chi connectivity index (χ0) is 15.5. The number of thiazole rings is 1. The molecule has 0 bridgehead atoms. The summed E-state index contributed by atoms with van der Waals surface area (Å²) >= 11 is 1.59. The summed E-state index contributed by atoms with van der Waals surface area (Å²) in [6, 6.07) is 11.1. The lowest BCUT2D eigenvalue weighted by molar-refractivity contribution is -0.133. The predicted molar refractivity (Wildman–Crippen MR) is 90.0 cm³/mol. The highest BCUT2D eigenvalue weighted by molar-refractivity contribution is 7.07.